The highest BCUT2D eigenvalue weighted by Gasteiger charge is 2.26. The Hall–Kier alpha value is -1.88. The molecule has 1 unspecified atom stereocenters. The van der Waals surface area contributed by atoms with E-state index in [1.165, 1.54) is 12.8 Å². The summed E-state index contributed by atoms with van der Waals surface area (Å²) in [5.41, 5.74) is 1.15. The van der Waals surface area contributed by atoms with Gasteiger partial charge in [0.2, 0.25) is 5.91 Å². The van der Waals surface area contributed by atoms with Gasteiger partial charge in [0.05, 0.1) is 17.8 Å². The number of rotatable bonds is 6. The summed E-state index contributed by atoms with van der Waals surface area (Å²) >= 11 is 0. The molecule has 2 aliphatic rings. The van der Waals surface area contributed by atoms with Crippen molar-refractivity contribution in [3.05, 3.63) is 29.8 Å². The first kappa shape index (κ1) is 17.0. The zero-order chi connectivity index (χ0) is 16.9. The number of nitrogens with zero attached hydrogens (tertiary/aromatic N) is 1. The fourth-order valence-corrected chi connectivity index (χ4v) is 3.39. The Morgan fingerprint density at radius 3 is 2.71 bits per heavy atom. The fraction of sp³-hybridized carbons (Fsp3) is 0.579. The highest BCUT2D eigenvalue weighted by atomic mass is 16.2. The second-order valence-corrected chi connectivity index (χ2v) is 6.87. The SMILES string of the molecule is CCC1CCCCN1CC(=O)Nc1ccccc1C(=O)NC1CC1. The lowest BCUT2D eigenvalue weighted by atomic mass is 10.00. The van der Waals surface area contributed by atoms with Gasteiger partial charge in [-0.2, -0.15) is 0 Å². The molecule has 3 rings (SSSR count). The highest BCUT2D eigenvalue weighted by Crippen LogP contribution is 2.22. The number of hydrogen-bond acceptors (Lipinski definition) is 3. The molecule has 2 fully saturated rings. The average Bonchev–Trinajstić information content (AvgIpc) is 3.39. The number of carbonyl (C=O) groups excluding carboxylic acids is 2. The maximum absolute atomic E-state index is 12.5. The number of hydrogen-bond donors (Lipinski definition) is 2. The molecule has 0 radical (unpaired) electrons. The van der Waals surface area contributed by atoms with Gasteiger partial charge in [-0.25, -0.2) is 0 Å². The molecule has 1 heterocycles. The first-order chi connectivity index (χ1) is 11.7. The molecular formula is C19H27N3O2. The molecule has 1 aromatic carbocycles. The van der Waals surface area contributed by atoms with Gasteiger partial charge in [-0.3, -0.25) is 14.5 Å². The summed E-state index contributed by atoms with van der Waals surface area (Å²) in [6, 6.07) is 8.04. The zero-order valence-electron chi connectivity index (χ0n) is 14.4. The van der Waals surface area contributed by atoms with Gasteiger partial charge >= 0.3 is 0 Å². The van der Waals surface area contributed by atoms with E-state index in [9.17, 15) is 9.59 Å². The molecule has 0 bridgehead atoms. The number of nitrogens with one attached hydrogen (secondary N) is 2. The van der Waals surface area contributed by atoms with Crippen LogP contribution >= 0.6 is 0 Å². The van der Waals surface area contributed by atoms with Crippen molar-refractivity contribution in [3.8, 4) is 0 Å². The molecule has 0 spiro atoms. The van der Waals surface area contributed by atoms with Gasteiger partial charge in [0.15, 0.2) is 0 Å². The van der Waals surface area contributed by atoms with Gasteiger partial charge in [0, 0.05) is 12.1 Å². The van der Waals surface area contributed by atoms with E-state index < -0.39 is 0 Å². The Labute approximate surface area is 143 Å². The van der Waals surface area contributed by atoms with Crippen LogP contribution in [0.3, 0.4) is 0 Å². The quantitative estimate of drug-likeness (QED) is 0.843. The van der Waals surface area contributed by atoms with Crippen LogP contribution in [0.15, 0.2) is 24.3 Å². The highest BCUT2D eigenvalue weighted by molar-refractivity contribution is 6.04. The van der Waals surface area contributed by atoms with Crippen molar-refractivity contribution in [2.24, 2.45) is 0 Å². The predicted molar refractivity (Wildman–Crippen MR) is 95.1 cm³/mol. The Balaban J connectivity index is 1.62. The third-order valence-electron chi connectivity index (χ3n) is 4.93. The third kappa shape index (κ3) is 4.35. The van der Waals surface area contributed by atoms with E-state index in [1.807, 2.05) is 12.1 Å². The van der Waals surface area contributed by atoms with Crippen LogP contribution in [0.25, 0.3) is 0 Å². The molecule has 1 saturated carbocycles. The van der Waals surface area contributed by atoms with Crippen molar-refractivity contribution in [2.45, 2.75) is 57.5 Å². The number of anilines is 1. The van der Waals surface area contributed by atoms with E-state index in [-0.39, 0.29) is 11.8 Å². The summed E-state index contributed by atoms with van der Waals surface area (Å²) in [6.07, 6.45) is 6.75. The maximum Gasteiger partial charge on any atom is 0.253 e. The summed E-state index contributed by atoms with van der Waals surface area (Å²) < 4.78 is 0. The minimum absolute atomic E-state index is 0.0398. The van der Waals surface area contributed by atoms with Gasteiger partial charge in [0.1, 0.15) is 0 Å². The summed E-state index contributed by atoms with van der Waals surface area (Å²) in [5.74, 6) is -0.139. The van der Waals surface area contributed by atoms with Crippen LogP contribution in [0.1, 0.15) is 55.8 Å². The number of likely N-dealkylation sites (tertiary alicyclic amines) is 1. The Morgan fingerprint density at radius 1 is 1.17 bits per heavy atom. The van der Waals surface area contributed by atoms with Crippen LogP contribution in [0.5, 0.6) is 0 Å². The Bertz CT molecular complexity index is 598. The minimum atomic E-state index is -0.0993. The van der Waals surface area contributed by atoms with Crippen molar-refractivity contribution in [1.82, 2.24) is 10.2 Å². The van der Waals surface area contributed by atoms with E-state index in [0.717, 1.165) is 32.2 Å². The summed E-state index contributed by atoms with van der Waals surface area (Å²) in [7, 11) is 0. The molecule has 1 saturated heterocycles. The van der Waals surface area contributed by atoms with Crippen LogP contribution in [-0.2, 0) is 4.79 Å². The molecule has 1 aliphatic heterocycles. The van der Waals surface area contributed by atoms with Crippen molar-refractivity contribution in [3.63, 3.8) is 0 Å². The average molecular weight is 329 g/mol. The predicted octanol–water partition coefficient (Wildman–Crippen LogP) is 2.78. The van der Waals surface area contributed by atoms with Crippen molar-refractivity contribution < 1.29 is 9.59 Å². The smallest absolute Gasteiger partial charge is 0.253 e. The largest absolute Gasteiger partial charge is 0.349 e. The summed E-state index contributed by atoms with van der Waals surface area (Å²) in [6.45, 7) is 3.56. The van der Waals surface area contributed by atoms with Crippen molar-refractivity contribution in [1.29, 1.82) is 0 Å². The molecule has 5 heteroatoms. The minimum Gasteiger partial charge on any atom is -0.349 e. The lowest BCUT2D eigenvalue weighted by Gasteiger charge is -2.34. The number of carbonyl (C=O) groups is 2. The molecule has 1 atom stereocenters. The molecule has 130 valence electrons. The monoisotopic (exact) mass is 329 g/mol. The van der Waals surface area contributed by atoms with E-state index >= 15 is 0 Å². The van der Waals surface area contributed by atoms with E-state index in [4.69, 9.17) is 0 Å². The third-order valence-corrected chi connectivity index (χ3v) is 4.93. The van der Waals surface area contributed by atoms with Crippen LogP contribution in [0.4, 0.5) is 5.69 Å². The Kier molecular flexibility index (Phi) is 5.51. The number of piperidine rings is 1. The van der Waals surface area contributed by atoms with Gasteiger partial charge in [-0.05, 0) is 50.8 Å². The summed E-state index contributed by atoms with van der Waals surface area (Å²) in [5, 5.41) is 5.92. The van der Waals surface area contributed by atoms with Gasteiger partial charge in [0.25, 0.3) is 5.91 Å². The van der Waals surface area contributed by atoms with Crippen molar-refractivity contribution in [2.75, 3.05) is 18.4 Å². The molecule has 2 amide bonds. The van der Waals surface area contributed by atoms with Gasteiger partial charge in [-0.15, -0.1) is 0 Å². The number of para-hydroxylation sites is 1. The molecule has 2 N–H and O–H groups in total. The summed E-state index contributed by atoms with van der Waals surface area (Å²) in [4.78, 5) is 27.0. The lowest BCUT2D eigenvalue weighted by Crippen LogP contribution is -2.43. The van der Waals surface area contributed by atoms with Crippen LogP contribution < -0.4 is 10.6 Å². The van der Waals surface area contributed by atoms with E-state index in [2.05, 4.69) is 22.5 Å². The van der Waals surface area contributed by atoms with Crippen LogP contribution in [0.2, 0.25) is 0 Å². The van der Waals surface area contributed by atoms with Crippen molar-refractivity contribution >= 4 is 17.5 Å². The second-order valence-electron chi connectivity index (χ2n) is 6.87. The number of benzene rings is 1. The standard InChI is InChI=1S/C19H27N3O2/c1-2-15-7-5-6-12-22(15)13-18(23)21-17-9-4-3-8-16(17)19(24)20-14-10-11-14/h3-4,8-9,14-15H,2,5-7,10-13H2,1H3,(H,20,24)(H,21,23). The molecule has 0 aromatic heterocycles. The fourth-order valence-electron chi connectivity index (χ4n) is 3.39. The number of amides is 2. The van der Waals surface area contributed by atoms with E-state index in [0.29, 0.717) is 29.9 Å². The Morgan fingerprint density at radius 2 is 1.96 bits per heavy atom. The molecule has 5 nitrogen and oxygen atoms in total. The lowest BCUT2D eigenvalue weighted by molar-refractivity contribution is -0.118. The van der Waals surface area contributed by atoms with Gasteiger partial charge < -0.3 is 10.6 Å². The van der Waals surface area contributed by atoms with E-state index in [1.54, 1.807) is 12.1 Å². The van der Waals surface area contributed by atoms with Crippen LogP contribution in [-0.4, -0.2) is 41.9 Å². The normalized spacial score (nSPS) is 21.3. The first-order valence-electron chi connectivity index (χ1n) is 9.11. The topological polar surface area (TPSA) is 61.4 Å². The zero-order valence-corrected chi connectivity index (χ0v) is 14.4. The molecule has 24 heavy (non-hydrogen) atoms. The first-order valence-corrected chi connectivity index (χ1v) is 9.11. The molecule has 1 aromatic rings. The second kappa shape index (κ2) is 7.79. The molecular weight excluding hydrogens is 302 g/mol. The van der Waals surface area contributed by atoms with Crippen LogP contribution in [0, 0.1) is 0 Å². The maximum atomic E-state index is 12.5. The van der Waals surface area contributed by atoms with Gasteiger partial charge in [-0.1, -0.05) is 25.5 Å². The molecule has 1 aliphatic carbocycles.